The quantitative estimate of drug-likeness (QED) is 0.120. The van der Waals surface area contributed by atoms with Gasteiger partial charge in [-0.15, -0.1) is 0 Å². The number of anilines is 3. The van der Waals surface area contributed by atoms with E-state index in [2.05, 4.69) is 10.6 Å². The third-order valence-corrected chi connectivity index (χ3v) is 13.6. The molecule has 5 atom stereocenters. The summed E-state index contributed by atoms with van der Waals surface area (Å²) >= 11 is 0. The van der Waals surface area contributed by atoms with Crippen molar-refractivity contribution in [1.29, 1.82) is 0 Å². The van der Waals surface area contributed by atoms with Crippen LogP contribution < -0.4 is 15.5 Å². The summed E-state index contributed by atoms with van der Waals surface area (Å²) in [4.78, 5) is 58.0. The van der Waals surface area contributed by atoms with E-state index < -0.39 is 31.6 Å². The number of nitrogens with zero attached hydrogens (tertiary/aromatic N) is 2. The molecule has 54 heavy (non-hydrogen) atoms. The van der Waals surface area contributed by atoms with E-state index in [1.54, 1.807) is 102 Å². The number of ether oxygens (including phenoxy) is 1. The van der Waals surface area contributed by atoms with Gasteiger partial charge in [-0.2, -0.15) is 0 Å². The van der Waals surface area contributed by atoms with Crippen LogP contribution in [0.4, 0.5) is 21.2 Å². The van der Waals surface area contributed by atoms with Crippen LogP contribution >= 0.6 is 0 Å². The third kappa shape index (κ3) is 6.96. The molecule has 7 rings (SSSR count). The number of fused-ring (bicyclic) bond motifs is 2. The largest absolute Gasteiger partial charge is 0.394 e. The summed E-state index contributed by atoms with van der Waals surface area (Å²) in [6, 6.07) is 29.9. The number of nitrogens with one attached hydrogen (secondary N) is 2. The van der Waals surface area contributed by atoms with Crippen LogP contribution in [0.1, 0.15) is 58.0 Å². The lowest BCUT2D eigenvalue weighted by molar-refractivity contribution is -0.150. The average molecular weight is 749 g/mol. The second-order valence-electron chi connectivity index (χ2n) is 15.0. The van der Waals surface area contributed by atoms with Crippen LogP contribution in [0.15, 0.2) is 103 Å². The summed E-state index contributed by atoms with van der Waals surface area (Å²) < 4.78 is 23.4. The Balaban J connectivity index is 1.22. The highest BCUT2D eigenvalue weighted by Crippen LogP contribution is 2.60. The van der Waals surface area contributed by atoms with Crippen LogP contribution in [0.5, 0.6) is 0 Å². The zero-order valence-corrected chi connectivity index (χ0v) is 31.6. The van der Waals surface area contributed by atoms with E-state index in [9.17, 15) is 19.5 Å². The van der Waals surface area contributed by atoms with Gasteiger partial charge in [0.1, 0.15) is 0 Å². The highest BCUT2D eigenvalue weighted by atomic mass is 28.4. The van der Waals surface area contributed by atoms with E-state index in [-0.39, 0.29) is 49.2 Å². The average Bonchev–Trinajstić information content (AvgIpc) is 3.83. The Hall–Kier alpha value is -5.17. The fourth-order valence-corrected chi connectivity index (χ4v) is 11.1. The zero-order chi connectivity index (χ0) is 38.2. The number of aliphatic hydroxyl groups excluding tert-OH is 1. The van der Waals surface area contributed by atoms with Gasteiger partial charge in [-0.25, -0.2) is 0 Å². The molecule has 4 aromatic rings. The maximum absolute atomic E-state index is 16.5. The molecule has 10 nitrogen and oxygen atoms in total. The molecule has 3 aliphatic heterocycles. The van der Waals surface area contributed by atoms with Crippen LogP contribution in [0.25, 0.3) is 0 Å². The van der Waals surface area contributed by atoms with Crippen molar-refractivity contribution in [2.75, 3.05) is 28.7 Å². The lowest BCUT2D eigenvalue weighted by Gasteiger charge is -2.31. The Labute approximate surface area is 315 Å². The van der Waals surface area contributed by atoms with Gasteiger partial charge < -0.3 is 34.4 Å². The first-order chi connectivity index (χ1) is 25.9. The molecule has 280 valence electrons. The zero-order valence-electron chi connectivity index (χ0n) is 30.6. The molecule has 12 heteroatoms. The molecule has 3 heterocycles. The first kappa shape index (κ1) is 37.2. The number of halogens is 1. The maximum atomic E-state index is 16.5. The molecular weight excluding hydrogens is 704 g/mol. The molecule has 0 aliphatic carbocycles. The summed E-state index contributed by atoms with van der Waals surface area (Å²) in [6.07, 6.45) is 0.468. The minimum Gasteiger partial charge on any atom is -0.394 e. The monoisotopic (exact) mass is 748 g/mol. The molecule has 3 aliphatic rings. The molecule has 3 N–H and O–H groups in total. The van der Waals surface area contributed by atoms with Gasteiger partial charge >= 0.3 is 0 Å². The number of carbonyl (C=O) groups is 4. The third-order valence-electron chi connectivity index (χ3n) is 11.1. The van der Waals surface area contributed by atoms with Gasteiger partial charge in [-0.1, -0.05) is 55.5 Å². The molecule has 0 radical (unpaired) electrons. The van der Waals surface area contributed by atoms with Crippen LogP contribution in [0.3, 0.4) is 0 Å². The summed E-state index contributed by atoms with van der Waals surface area (Å²) in [5.41, 5.74) is 1.55. The Kier molecular flexibility index (Phi) is 10.3. The normalized spacial score (nSPS) is 23.5. The van der Waals surface area contributed by atoms with Gasteiger partial charge in [0.05, 0.1) is 37.4 Å². The Morgan fingerprint density at radius 3 is 2.07 bits per heavy atom. The van der Waals surface area contributed by atoms with E-state index in [0.717, 1.165) is 12.0 Å². The van der Waals surface area contributed by atoms with E-state index in [1.165, 1.54) is 0 Å². The van der Waals surface area contributed by atoms with E-state index in [1.807, 2.05) is 31.2 Å². The van der Waals surface area contributed by atoms with Crippen LogP contribution in [0, 0.1) is 5.92 Å². The molecule has 0 aromatic heterocycles. The number of likely N-dealkylation sites (tertiary alicyclic amines) is 1. The van der Waals surface area contributed by atoms with Crippen molar-refractivity contribution < 1.29 is 33.1 Å². The van der Waals surface area contributed by atoms with Crippen LogP contribution in [-0.2, 0) is 26.5 Å². The van der Waals surface area contributed by atoms with Crippen molar-refractivity contribution in [3.05, 3.63) is 125 Å². The number of hydrogen-bond acceptors (Lipinski definition) is 6. The van der Waals surface area contributed by atoms with Crippen molar-refractivity contribution in [2.45, 2.75) is 69.1 Å². The van der Waals surface area contributed by atoms with Crippen LogP contribution in [-0.4, -0.2) is 67.3 Å². The standard InChI is InChI=1S/C42H45FN4O6Si/c1-27-38(54(2,3)43)36(24-37(49)46-22-10-15-33(46)26-48)53-42(27)34-23-32(45-40(51)30-13-8-5-9-14-30)20-21-35(34)47(41(42)52)25-28-16-18-31(19-17-28)44-39(50)29-11-6-4-7-12-29/h4-9,11-14,16-21,23,27,33,36,38,48H,10,15,22,24-26H2,1-3H3,(H,44,50)(H,45,51)/t27-,33+,36+,38-,42+/m1/s1. The molecule has 1 spiro atoms. The molecule has 0 bridgehead atoms. The van der Waals surface area contributed by atoms with Crippen molar-refractivity contribution in [3.63, 3.8) is 0 Å². The van der Waals surface area contributed by atoms with Crippen molar-refractivity contribution in [3.8, 4) is 0 Å². The highest BCUT2D eigenvalue weighted by Gasteiger charge is 2.67. The molecule has 2 fully saturated rings. The molecule has 4 amide bonds. The van der Waals surface area contributed by atoms with Gasteiger partial charge in [0.15, 0.2) is 5.60 Å². The molecule has 4 aromatic carbocycles. The van der Waals surface area contributed by atoms with Gasteiger partial charge in [-0.05, 0) is 86.1 Å². The number of rotatable bonds is 10. The predicted molar refractivity (Wildman–Crippen MR) is 207 cm³/mol. The lowest BCUT2D eigenvalue weighted by Crippen LogP contribution is -2.45. The van der Waals surface area contributed by atoms with Crippen LogP contribution in [0.2, 0.25) is 18.6 Å². The van der Waals surface area contributed by atoms with Crippen molar-refractivity contribution in [1.82, 2.24) is 4.90 Å². The second-order valence-corrected chi connectivity index (χ2v) is 18.8. The minimum absolute atomic E-state index is 0.114. The topological polar surface area (TPSA) is 128 Å². The number of benzene rings is 4. The fourth-order valence-electron chi connectivity index (χ4n) is 8.59. The Bertz CT molecular complexity index is 2040. The Morgan fingerprint density at radius 1 is 0.889 bits per heavy atom. The van der Waals surface area contributed by atoms with Gasteiger partial charge in [0.2, 0.25) is 14.3 Å². The smallest absolute Gasteiger partial charge is 0.264 e. The second kappa shape index (κ2) is 14.9. The molecule has 0 unspecified atom stereocenters. The Morgan fingerprint density at radius 2 is 1.48 bits per heavy atom. The van der Waals surface area contributed by atoms with E-state index in [4.69, 9.17) is 4.74 Å². The van der Waals surface area contributed by atoms with E-state index in [0.29, 0.717) is 46.7 Å². The summed E-state index contributed by atoms with van der Waals surface area (Å²) in [6.45, 7) is 5.53. The van der Waals surface area contributed by atoms with E-state index >= 15 is 8.90 Å². The first-order valence-electron chi connectivity index (χ1n) is 18.5. The summed E-state index contributed by atoms with van der Waals surface area (Å²) in [7, 11) is -3.57. The van der Waals surface area contributed by atoms with Gasteiger partial charge in [0.25, 0.3) is 17.7 Å². The number of amides is 4. The molecule has 0 saturated carbocycles. The fraction of sp³-hybridized carbons (Fsp3) is 0.333. The van der Waals surface area contributed by atoms with Crippen molar-refractivity contribution in [2.24, 2.45) is 5.92 Å². The summed E-state index contributed by atoms with van der Waals surface area (Å²) in [5, 5.41) is 15.8. The molecular formula is C42H45FN4O6Si. The minimum atomic E-state index is -3.57. The number of carbonyl (C=O) groups excluding carboxylic acids is 4. The maximum Gasteiger partial charge on any atom is 0.264 e. The first-order valence-corrected chi connectivity index (χ1v) is 21.4. The molecule has 2 saturated heterocycles. The SMILES string of the molecule is C[C@@H]1[C@@H]([Si](C)(C)F)[C@H](CC(=O)N2CCC[C@H]2CO)O[C@@]12C(=O)N(Cc1ccc(NC(=O)c3ccccc3)cc1)c1ccc(NC(=O)c3ccccc3)cc12. The van der Waals surface area contributed by atoms with Gasteiger partial charge in [-0.3, -0.25) is 19.2 Å². The number of aliphatic hydroxyl groups is 1. The number of hydrogen-bond donors (Lipinski definition) is 3. The summed E-state index contributed by atoms with van der Waals surface area (Å²) in [5.74, 6) is -1.81. The lowest BCUT2D eigenvalue weighted by atomic mass is 9.82. The predicted octanol–water partition coefficient (Wildman–Crippen LogP) is 6.89. The highest BCUT2D eigenvalue weighted by molar-refractivity contribution is 6.72. The van der Waals surface area contributed by atoms with Crippen molar-refractivity contribution >= 4 is 49.1 Å². The van der Waals surface area contributed by atoms with Gasteiger partial charge in [0, 0.05) is 46.1 Å².